The highest BCUT2D eigenvalue weighted by Gasteiger charge is 2.14. The minimum Gasteiger partial charge on any atom is -0.396 e. The summed E-state index contributed by atoms with van der Waals surface area (Å²) in [7, 11) is 0. The molecule has 1 aliphatic rings. The fourth-order valence-corrected chi connectivity index (χ4v) is 1.45. The topological polar surface area (TPSA) is 36.8 Å². The van der Waals surface area contributed by atoms with Gasteiger partial charge in [-0.25, -0.2) is 0 Å². The van der Waals surface area contributed by atoms with Crippen LogP contribution in [0.1, 0.15) is 25.7 Å². The van der Waals surface area contributed by atoms with Crippen molar-refractivity contribution in [2.24, 2.45) is 0 Å². The summed E-state index contributed by atoms with van der Waals surface area (Å²) >= 11 is 0. The van der Waals surface area contributed by atoms with Crippen LogP contribution in [-0.4, -0.2) is 24.3 Å². The van der Waals surface area contributed by atoms with Gasteiger partial charge in [-0.1, -0.05) is 0 Å². The molecule has 0 saturated carbocycles. The number of nitrogens with two attached hydrogens (primary N) is 1. The van der Waals surface area contributed by atoms with Crippen LogP contribution in [-0.2, 0) is 0 Å². The van der Waals surface area contributed by atoms with Gasteiger partial charge in [-0.15, -0.1) is 0 Å². The Hall–Kier alpha value is -0.0800. The molecule has 2 heteroatoms. The predicted octanol–water partition coefficient (Wildman–Crippen LogP) is -0.515. The zero-order chi connectivity index (χ0) is 6.53. The molecule has 9 heavy (non-hydrogen) atoms. The van der Waals surface area contributed by atoms with E-state index in [0.717, 1.165) is 12.5 Å². The minimum atomic E-state index is 0.362. The number of aliphatic hydroxyl groups is 1. The van der Waals surface area contributed by atoms with Crippen LogP contribution in [0.15, 0.2) is 0 Å². The molecule has 0 bridgehead atoms. The number of quaternary nitrogens is 1. The van der Waals surface area contributed by atoms with Crippen molar-refractivity contribution in [2.45, 2.75) is 31.7 Å². The molecule has 54 valence electrons. The molecule has 1 aliphatic heterocycles. The molecule has 1 fully saturated rings. The molecule has 0 spiro atoms. The summed E-state index contributed by atoms with van der Waals surface area (Å²) in [5.74, 6) is 0. The maximum atomic E-state index is 8.60. The monoisotopic (exact) mass is 130 g/mol. The molecule has 0 aromatic rings. The lowest BCUT2D eigenvalue weighted by molar-refractivity contribution is -0.698. The molecule has 1 rings (SSSR count). The number of piperidine rings is 1. The highest BCUT2D eigenvalue weighted by Crippen LogP contribution is 2.03. The first-order valence-electron chi connectivity index (χ1n) is 3.87. The number of rotatable bonds is 2. The smallest absolute Gasteiger partial charge is 0.0881 e. The van der Waals surface area contributed by atoms with Crippen LogP contribution in [0.5, 0.6) is 0 Å². The predicted molar refractivity (Wildman–Crippen MR) is 36.1 cm³/mol. The zero-order valence-electron chi connectivity index (χ0n) is 5.84. The van der Waals surface area contributed by atoms with E-state index in [-0.39, 0.29) is 0 Å². The van der Waals surface area contributed by atoms with Crippen molar-refractivity contribution in [1.29, 1.82) is 0 Å². The van der Waals surface area contributed by atoms with Gasteiger partial charge in [0.25, 0.3) is 0 Å². The van der Waals surface area contributed by atoms with Crippen LogP contribution in [0.25, 0.3) is 0 Å². The number of aliphatic hydroxyl groups excluding tert-OH is 1. The second-order valence-corrected chi connectivity index (χ2v) is 2.79. The van der Waals surface area contributed by atoms with E-state index < -0.39 is 0 Å². The third kappa shape index (κ3) is 2.33. The van der Waals surface area contributed by atoms with Gasteiger partial charge in [0, 0.05) is 13.0 Å². The average Bonchev–Trinajstić information content (AvgIpc) is 1.91. The molecule has 0 aliphatic carbocycles. The fraction of sp³-hybridized carbons (Fsp3) is 1.00. The van der Waals surface area contributed by atoms with Crippen LogP contribution < -0.4 is 5.32 Å². The quantitative estimate of drug-likeness (QED) is 0.519. The Morgan fingerprint density at radius 2 is 2.33 bits per heavy atom. The van der Waals surface area contributed by atoms with Gasteiger partial charge in [0.05, 0.1) is 12.6 Å². The van der Waals surface area contributed by atoms with Crippen molar-refractivity contribution in [1.82, 2.24) is 0 Å². The molecule has 0 aromatic carbocycles. The van der Waals surface area contributed by atoms with Crippen LogP contribution in [0, 0.1) is 0 Å². The molecule has 0 radical (unpaired) electrons. The lowest BCUT2D eigenvalue weighted by Gasteiger charge is -2.18. The number of hydrogen-bond acceptors (Lipinski definition) is 1. The molecule has 1 heterocycles. The minimum absolute atomic E-state index is 0.362. The Morgan fingerprint density at radius 3 is 2.89 bits per heavy atom. The van der Waals surface area contributed by atoms with E-state index in [9.17, 15) is 0 Å². The van der Waals surface area contributed by atoms with Gasteiger partial charge in [-0.05, 0) is 19.3 Å². The summed E-state index contributed by atoms with van der Waals surface area (Å²) in [6.45, 7) is 1.63. The molecule has 1 saturated heterocycles. The van der Waals surface area contributed by atoms with Crippen LogP contribution in [0.4, 0.5) is 0 Å². The highest BCUT2D eigenvalue weighted by molar-refractivity contribution is 4.57. The first-order valence-corrected chi connectivity index (χ1v) is 3.87. The van der Waals surface area contributed by atoms with Crippen LogP contribution in [0.3, 0.4) is 0 Å². The normalized spacial score (nSPS) is 28.3. The van der Waals surface area contributed by atoms with Crippen molar-refractivity contribution < 1.29 is 10.4 Å². The van der Waals surface area contributed by atoms with E-state index in [4.69, 9.17) is 5.11 Å². The molecular weight excluding hydrogens is 114 g/mol. The summed E-state index contributed by atoms with van der Waals surface area (Å²) < 4.78 is 0. The van der Waals surface area contributed by atoms with E-state index >= 15 is 0 Å². The molecule has 0 aromatic heterocycles. The van der Waals surface area contributed by atoms with Gasteiger partial charge in [0.1, 0.15) is 0 Å². The van der Waals surface area contributed by atoms with Crippen molar-refractivity contribution in [2.75, 3.05) is 13.2 Å². The first kappa shape index (κ1) is 7.03. The van der Waals surface area contributed by atoms with Gasteiger partial charge in [0.2, 0.25) is 0 Å². The van der Waals surface area contributed by atoms with Gasteiger partial charge >= 0.3 is 0 Å². The van der Waals surface area contributed by atoms with Crippen molar-refractivity contribution in [3.05, 3.63) is 0 Å². The Balaban J connectivity index is 2.08. The summed E-state index contributed by atoms with van der Waals surface area (Å²) in [4.78, 5) is 0. The van der Waals surface area contributed by atoms with Gasteiger partial charge in [-0.3, -0.25) is 0 Å². The van der Waals surface area contributed by atoms with E-state index in [1.807, 2.05) is 0 Å². The highest BCUT2D eigenvalue weighted by atomic mass is 16.3. The summed E-state index contributed by atoms with van der Waals surface area (Å²) in [5, 5.41) is 11.0. The Labute approximate surface area is 56.3 Å². The van der Waals surface area contributed by atoms with Crippen molar-refractivity contribution in [3.8, 4) is 0 Å². The second-order valence-electron chi connectivity index (χ2n) is 2.79. The lowest BCUT2D eigenvalue weighted by atomic mass is 10.0. The molecule has 3 N–H and O–H groups in total. The summed E-state index contributed by atoms with van der Waals surface area (Å²) in [6, 6.07) is 0.726. The average molecular weight is 130 g/mol. The molecule has 0 unspecified atom stereocenters. The zero-order valence-corrected chi connectivity index (χ0v) is 5.84. The number of hydrogen-bond donors (Lipinski definition) is 2. The maximum absolute atomic E-state index is 8.60. The Bertz CT molecular complexity index is 66.6. The summed E-state index contributed by atoms with van der Waals surface area (Å²) in [5.41, 5.74) is 0. The third-order valence-electron chi connectivity index (χ3n) is 2.03. The van der Waals surface area contributed by atoms with Crippen molar-refractivity contribution >= 4 is 0 Å². The van der Waals surface area contributed by atoms with Gasteiger partial charge < -0.3 is 10.4 Å². The standard InChI is InChI=1S/C7H15NO/c9-6-4-7-3-1-2-5-8-7/h7-9H,1-6H2/p+1/t7-/m0/s1. The summed E-state index contributed by atoms with van der Waals surface area (Å²) in [6.07, 6.45) is 5.02. The second kappa shape index (κ2) is 3.85. The molecular formula is C7H16NO+. The van der Waals surface area contributed by atoms with E-state index in [1.54, 1.807) is 0 Å². The Morgan fingerprint density at radius 1 is 1.44 bits per heavy atom. The van der Waals surface area contributed by atoms with Crippen LogP contribution >= 0.6 is 0 Å². The third-order valence-corrected chi connectivity index (χ3v) is 2.03. The molecule has 2 nitrogen and oxygen atoms in total. The molecule has 0 amide bonds. The van der Waals surface area contributed by atoms with Crippen LogP contribution in [0.2, 0.25) is 0 Å². The van der Waals surface area contributed by atoms with E-state index in [0.29, 0.717) is 6.61 Å². The van der Waals surface area contributed by atoms with Crippen molar-refractivity contribution in [3.63, 3.8) is 0 Å². The lowest BCUT2D eigenvalue weighted by Crippen LogP contribution is -2.91. The van der Waals surface area contributed by atoms with E-state index in [1.165, 1.54) is 25.8 Å². The fourth-order valence-electron chi connectivity index (χ4n) is 1.45. The maximum Gasteiger partial charge on any atom is 0.0881 e. The first-order chi connectivity index (χ1) is 4.43. The molecule has 1 atom stereocenters. The van der Waals surface area contributed by atoms with Gasteiger partial charge in [0.15, 0.2) is 0 Å². The SMILES string of the molecule is OCC[C@@H]1CCCC[NH2+]1. The van der Waals surface area contributed by atoms with Gasteiger partial charge in [-0.2, -0.15) is 0 Å². The largest absolute Gasteiger partial charge is 0.396 e. The van der Waals surface area contributed by atoms with E-state index in [2.05, 4.69) is 5.32 Å². The Kier molecular flexibility index (Phi) is 3.01.